The average Bonchev–Trinajstić information content (AvgIpc) is 3.12. The van der Waals surface area contributed by atoms with E-state index in [1.54, 1.807) is 0 Å². The predicted octanol–water partition coefficient (Wildman–Crippen LogP) is 0.186. The normalized spacial score (nSPS) is 22.8. The van der Waals surface area contributed by atoms with Crippen LogP contribution in [0.15, 0.2) is 4.52 Å². The van der Waals surface area contributed by atoms with Crippen molar-refractivity contribution in [1.82, 2.24) is 10.1 Å². The van der Waals surface area contributed by atoms with Gasteiger partial charge in [0.2, 0.25) is 5.89 Å². The lowest BCUT2D eigenvalue weighted by Gasteiger charge is -2.24. The summed E-state index contributed by atoms with van der Waals surface area (Å²) in [5.74, 6) is 1.99. The summed E-state index contributed by atoms with van der Waals surface area (Å²) in [5, 5.41) is 4.00. The van der Waals surface area contributed by atoms with E-state index in [1.807, 2.05) is 0 Å². The minimum absolute atomic E-state index is 0.174. The molecule has 0 spiro atoms. The van der Waals surface area contributed by atoms with Crippen LogP contribution in [0.25, 0.3) is 0 Å². The molecule has 1 aromatic heterocycles. The van der Waals surface area contributed by atoms with Gasteiger partial charge in [-0.1, -0.05) is 0 Å². The van der Waals surface area contributed by atoms with E-state index >= 15 is 0 Å². The van der Waals surface area contributed by atoms with Gasteiger partial charge in [0.15, 0.2) is 0 Å². The van der Waals surface area contributed by atoms with Crippen LogP contribution in [0.4, 0.5) is 5.95 Å². The second-order valence-electron chi connectivity index (χ2n) is 4.79. The van der Waals surface area contributed by atoms with Crippen LogP contribution in [0.3, 0.4) is 0 Å². The first-order valence-corrected chi connectivity index (χ1v) is 6.24. The van der Waals surface area contributed by atoms with Crippen molar-refractivity contribution in [2.45, 2.75) is 25.3 Å². The van der Waals surface area contributed by atoms with Crippen molar-refractivity contribution in [3.05, 3.63) is 5.89 Å². The Morgan fingerprint density at radius 2 is 2.12 bits per heavy atom. The van der Waals surface area contributed by atoms with E-state index < -0.39 is 0 Å². The first-order chi connectivity index (χ1) is 8.33. The molecule has 1 atom stereocenters. The van der Waals surface area contributed by atoms with Crippen molar-refractivity contribution in [2.24, 2.45) is 11.7 Å². The van der Waals surface area contributed by atoms with Crippen molar-refractivity contribution in [3.63, 3.8) is 0 Å². The predicted molar refractivity (Wildman–Crippen MR) is 61.7 cm³/mol. The molecule has 6 heteroatoms. The van der Waals surface area contributed by atoms with E-state index in [1.165, 1.54) is 12.8 Å². The maximum absolute atomic E-state index is 6.04. The number of aromatic nitrogens is 2. The Morgan fingerprint density at radius 3 is 2.82 bits per heavy atom. The van der Waals surface area contributed by atoms with E-state index in [9.17, 15) is 0 Å². The lowest BCUT2D eigenvalue weighted by molar-refractivity contribution is 0.121. The highest BCUT2D eigenvalue weighted by atomic mass is 16.5. The largest absolute Gasteiger partial charge is 0.378 e. The quantitative estimate of drug-likeness (QED) is 0.806. The van der Waals surface area contributed by atoms with Crippen molar-refractivity contribution < 1.29 is 9.26 Å². The number of anilines is 1. The first kappa shape index (κ1) is 11.0. The molecule has 94 valence electrons. The third kappa shape index (κ3) is 2.58. The summed E-state index contributed by atoms with van der Waals surface area (Å²) in [6.07, 6.45) is 3.18. The molecule has 1 unspecified atom stereocenters. The third-order valence-corrected chi connectivity index (χ3v) is 3.39. The Morgan fingerprint density at radius 1 is 1.35 bits per heavy atom. The fourth-order valence-electron chi connectivity index (χ4n) is 2.11. The van der Waals surface area contributed by atoms with Crippen molar-refractivity contribution in [3.8, 4) is 0 Å². The molecular formula is C11H18N4O2. The molecule has 1 saturated carbocycles. The van der Waals surface area contributed by atoms with E-state index in [2.05, 4.69) is 15.0 Å². The minimum atomic E-state index is 0.174. The van der Waals surface area contributed by atoms with Crippen LogP contribution in [-0.4, -0.2) is 42.5 Å². The Bertz CT molecular complexity index is 371. The van der Waals surface area contributed by atoms with Gasteiger partial charge in [0.1, 0.15) is 0 Å². The number of hydrogen-bond donors (Lipinski definition) is 1. The summed E-state index contributed by atoms with van der Waals surface area (Å²) in [6.45, 7) is 3.11. The minimum Gasteiger partial charge on any atom is -0.378 e. The maximum Gasteiger partial charge on any atom is 0.266 e. The number of nitrogens with two attached hydrogens (primary N) is 1. The standard InChI is InChI=1S/C11H18N4O2/c12-9(8-1-2-8)7-10-13-11(14-17-10)15-3-5-16-6-4-15/h8-9H,1-7,12H2. The molecule has 0 aromatic carbocycles. The molecule has 2 N–H and O–H groups in total. The van der Waals surface area contributed by atoms with Crippen LogP contribution in [0, 0.1) is 5.92 Å². The Hall–Kier alpha value is -1.14. The fourth-order valence-corrected chi connectivity index (χ4v) is 2.11. The fraction of sp³-hybridized carbons (Fsp3) is 0.818. The van der Waals surface area contributed by atoms with Gasteiger partial charge in [-0.15, -0.1) is 0 Å². The second-order valence-corrected chi connectivity index (χ2v) is 4.79. The third-order valence-electron chi connectivity index (χ3n) is 3.39. The summed E-state index contributed by atoms with van der Waals surface area (Å²) in [5.41, 5.74) is 6.04. The number of rotatable bonds is 4. The lowest BCUT2D eigenvalue weighted by Crippen LogP contribution is -2.36. The molecule has 1 aromatic rings. The molecule has 3 rings (SSSR count). The molecule has 17 heavy (non-hydrogen) atoms. The first-order valence-electron chi connectivity index (χ1n) is 6.24. The zero-order valence-electron chi connectivity index (χ0n) is 9.84. The molecule has 0 radical (unpaired) electrons. The van der Waals surface area contributed by atoms with Gasteiger partial charge < -0.3 is 19.9 Å². The topological polar surface area (TPSA) is 77.4 Å². The van der Waals surface area contributed by atoms with Crippen molar-refractivity contribution >= 4 is 5.95 Å². The maximum atomic E-state index is 6.04. The van der Waals surface area contributed by atoms with Crippen LogP contribution in [0.2, 0.25) is 0 Å². The number of ether oxygens (including phenoxy) is 1. The van der Waals surface area contributed by atoms with Gasteiger partial charge in [-0.3, -0.25) is 0 Å². The van der Waals surface area contributed by atoms with Gasteiger partial charge >= 0.3 is 0 Å². The molecule has 2 fully saturated rings. The second kappa shape index (κ2) is 4.62. The molecule has 6 nitrogen and oxygen atoms in total. The van der Waals surface area contributed by atoms with Gasteiger partial charge in [-0.25, -0.2) is 0 Å². The summed E-state index contributed by atoms with van der Waals surface area (Å²) in [7, 11) is 0. The van der Waals surface area contributed by atoms with Crippen LogP contribution in [0.1, 0.15) is 18.7 Å². The molecule has 1 aliphatic carbocycles. The molecule has 1 aliphatic heterocycles. The highest BCUT2D eigenvalue weighted by Crippen LogP contribution is 2.32. The van der Waals surface area contributed by atoms with E-state index in [4.69, 9.17) is 15.0 Å². The Balaban J connectivity index is 1.60. The highest BCUT2D eigenvalue weighted by Gasteiger charge is 2.30. The van der Waals surface area contributed by atoms with Crippen LogP contribution >= 0.6 is 0 Å². The number of hydrogen-bond acceptors (Lipinski definition) is 6. The summed E-state index contributed by atoms with van der Waals surface area (Å²) < 4.78 is 10.5. The van der Waals surface area contributed by atoms with Crippen molar-refractivity contribution in [2.75, 3.05) is 31.2 Å². The summed E-state index contributed by atoms with van der Waals surface area (Å²) >= 11 is 0. The summed E-state index contributed by atoms with van der Waals surface area (Å²) in [4.78, 5) is 6.48. The zero-order valence-corrected chi connectivity index (χ0v) is 9.84. The Labute approximate surface area is 100 Å². The molecule has 0 amide bonds. The van der Waals surface area contributed by atoms with E-state index in [0.717, 1.165) is 26.3 Å². The van der Waals surface area contributed by atoms with Gasteiger partial charge in [0.05, 0.1) is 13.2 Å². The van der Waals surface area contributed by atoms with Gasteiger partial charge in [-0.05, 0) is 23.9 Å². The molecule has 1 saturated heterocycles. The van der Waals surface area contributed by atoms with Gasteiger partial charge in [-0.2, -0.15) is 4.98 Å². The molecule has 0 bridgehead atoms. The molecular weight excluding hydrogens is 220 g/mol. The van der Waals surface area contributed by atoms with Crippen molar-refractivity contribution in [1.29, 1.82) is 0 Å². The highest BCUT2D eigenvalue weighted by molar-refractivity contribution is 5.28. The van der Waals surface area contributed by atoms with Gasteiger partial charge in [0, 0.05) is 25.6 Å². The summed E-state index contributed by atoms with van der Waals surface area (Å²) in [6, 6.07) is 0.174. The van der Waals surface area contributed by atoms with Gasteiger partial charge in [0.25, 0.3) is 5.95 Å². The average molecular weight is 238 g/mol. The zero-order chi connectivity index (χ0) is 11.7. The molecule has 2 aliphatic rings. The van der Waals surface area contributed by atoms with E-state index in [0.29, 0.717) is 24.2 Å². The van der Waals surface area contributed by atoms with E-state index in [-0.39, 0.29) is 6.04 Å². The number of nitrogens with zero attached hydrogens (tertiary/aromatic N) is 3. The van der Waals surface area contributed by atoms with Crippen LogP contribution in [-0.2, 0) is 11.2 Å². The lowest BCUT2D eigenvalue weighted by atomic mass is 10.1. The smallest absolute Gasteiger partial charge is 0.266 e. The van der Waals surface area contributed by atoms with Crippen LogP contribution < -0.4 is 10.6 Å². The SMILES string of the molecule is NC(Cc1nc(N2CCOCC2)no1)C1CC1. The Kier molecular flexibility index (Phi) is 2.98. The number of morpholine rings is 1. The monoisotopic (exact) mass is 238 g/mol. The van der Waals surface area contributed by atoms with Crippen LogP contribution in [0.5, 0.6) is 0 Å². The molecule has 2 heterocycles.